The van der Waals surface area contributed by atoms with Gasteiger partial charge >= 0.3 is 0 Å². The summed E-state index contributed by atoms with van der Waals surface area (Å²) in [5.41, 5.74) is 1.73. The summed E-state index contributed by atoms with van der Waals surface area (Å²) in [6.45, 7) is 2.28. The molecule has 12 nitrogen and oxygen atoms in total. The number of fused-ring (bicyclic) bond motifs is 1. The highest BCUT2D eigenvalue weighted by molar-refractivity contribution is 7.91. The van der Waals surface area contributed by atoms with Gasteiger partial charge < -0.3 is 14.2 Å². The second-order valence-corrected chi connectivity index (χ2v) is 10.1. The molecule has 0 unspecified atom stereocenters. The van der Waals surface area contributed by atoms with E-state index in [1.807, 2.05) is 6.92 Å². The van der Waals surface area contributed by atoms with Crippen LogP contribution in [0.15, 0.2) is 60.8 Å². The number of methoxy groups -OCH3 is 2. The molecule has 208 valence electrons. The van der Waals surface area contributed by atoms with E-state index in [1.54, 1.807) is 41.0 Å². The number of sulfonamides is 1. The Balaban J connectivity index is 0.00000387. The molecule has 5 aromatic rings. The number of para-hydroxylation sites is 1. The molecule has 0 atom stereocenters. The third-order valence-electron chi connectivity index (χ3n) is 5.68. The molecule has 40 heavy (non-hydrogen) atoms. The van der Waals surface area contributed by atoms with Gasteiger partial charge in [0.1, 0.15) is 34.5 Å². The van der Waals surface area contributed by atoms with Crippen molar-refractivity contribution in [3.8, 4) is 34.6 Å². The molecule has 4 aromatic heterocycles. The van der Waals surface area contributed by atoms with E-state index in [1.165, 1.54) is 26.4 Å². The van der Waals surface area contributed by atoms with Crippen molar-refractivity contribution in [3.63, 3.8) is 0 Å². The summed E-state index contributed by atoms with van der Waals surface area (Å²) in [4.78, 5) is 13.1. The van der Waals surface area contributed by atoms with Gasteiger partial charge in [0.2, 0.25) is 21.6 Å². The van der Waals surface area contributed by atoms with E-state index in [9.17, 15) is 12.8 Å². The van der Waals surface area contributed by atoms with Crippen molar-refractivity contribution in [2.75, 3.05) is 25.5 Å². The molecule has 0 saturated heterocycles. The number of nitrogens with zero attached hydrogens (tertiary/aromatic N) is 6. The minimum Gasteiger partial charge on any atom is -0.494 e. The molecule has 0 fully saturated rings. The van der Waals surface area contributed by atoms with Crippen LogP contribution in [-0.4, -0.2) is 59.0 Å². The topological polar surface area (TPSA) is 143 Å². The molecule has 0 aliphatic heterocycles. The number of hydrogen-bond donors (Lipinski definition) is 1. The van der Waals surface area contributed by atoms with E-state index in [2.05, 4.69) is 29.9 Å². The number of pyridine rings is 2. The zero-order valence-electron chi connectivity index (χ0n) is 21.7. The Hall–Kier alpha value is -4.85. The predicted octanol–water partition coefficient (Wildman–Crippen LogP) is 4.02. The Kier molecular flexibility index (Phi) is 7.42. The SMILES string of the molecule is CCOc1cccc(-c2nc3nnc(NS(=O)(=O)Cc4ccc(F)cn4)cc3n2-c2c(OC)cccc2OC)n1.[HH]. The summed E-state index contributed by atoms with van der Waals surface area (Å²) in [5.74, 6) is 0.564. The lowest BCUT2D eigenvalue weighted by atomic mass is 10.2. The summed E-state index contributed by atoms with van der Waals surface area (Å²) in [5, 5.41) is 8.19. The van der Waals surface area contributed by atoms with Crippen LogP contribution in [0.25, 0.3) is 28.4 Å². The van der Waals surface area contributed by atoms with Crippen LogP contribution in [0, 0.1) is 5.82 Å². The third kappa shape index (κ3) is 5.47. The van der Waals surface area contributed by atoms with E-state index in [4.69, 9.17) is 14.2 Å². The van der Waals surface area contributed by atoms with Gasteiger partial charge in [-0.3, -0.25) is 14.3 Å². The molecule has 0 saturated carbocycles. The first kappa shape index (κ1) is 26.7. The van der Waals surface area contributed by atoms with Gasteiger partial charge in [-0.25, -0.2) is 22.8 Å². The minimum absolute atomic E-state index is 0. The number of hydrogen-bond acceptors (Lipinski definition) is 10. The lowest BCUT2D eigenvalue weighted by Gasteiger charge is -2.17. The van der Waals surface area contributed by atoms with Crippen LogP contribution in [0.2, 0.25) is 0 Å². The summed E-state index contributed by atoms with van der Waals surface area (Å²) in [6.07, 6.45) is 0.950. The number of ether oxygens (including phenoxy) is 3. The lowest BCUT2D eigenvalue weighted by molar-refractivity contribution is 0.327. The number of anilines is 1. The monoisotopic (exact) mass is 567 g/mol. The van der Waals surface area contributed by atoms with Crippen molar-refractivity contribution >= 4 is 27.0 Å². The van der Waals surface area contributed by atoms with Crippen LogP contribution >= 0.6 is 0 Å². The summed E-state index contributed by atoms with van der Waals surface area (Å²) in [7, 11) is -0.932. The van der Waals surface area contributed by atoms with E-state index >= 15 is 0 Å². The molecule has 1 N–H and O–H groups in total. The third-order valence-corrected chi connectivity index (χ3v) is 6.87. The Morgan fingerprint density at radius 2 is 1.75 bits per heavy atom. The van der Waals surface area contributed by atoms with Crippen molar-refractivity contribution < 1.29 is 28.4 Å². The van der Waals surface area contributed by atoms with Crippen molar-refractivity contribution in [2.45, 2.75) is 12.7 Å². The van der Waals surface area contributed by atoms with E-state index in [0.29, 0.717) is 46.7 Å². The normalized spacial score (nSPS) is 11.4. The summed E-state index contributed by atoms with van der Waals surface area (Å²) in [6, 6.07) is 14.5. The van der Waals surface area contributed by atoms with Gasteiger partial charge in [0.25, 0.3) is 0 Å². The molecule has 0 spiro atoms. The standard InChI is InChI=1S/C26H24FN7O5S.H2/c1-4-39-23-10-5-7-18(29-23)26-30-25-19(34(26)24-20(37-2)8-6-9-21(24)38-3)13-22(31-32-25)33-40(35,36)15-17-12-11-16(27)14-28-17;/h5-14H,4,15H2,1-3H3,(H,31,33);1H. The van der Waals surface area contributed by atoms with Gasteiger partial charge in [0.05, 0.1) is 38.2 Å². The summed E-state index contributed by atoms with van der Waals surface area (Å²) < 4.78 is 59.9. The molecular weight excluding hydrogens is 541 g/mol. The maximum absolute atomic E-state index is 13.2. The van der Waals surface area contributed by atoms with Crippen LogP contribution in [-0.2, 0) is 15.8 Å². The zero-order valence-corrected chi connectivity index (χ0v) is 22.5. The Labute approximate surface area is 230 Å². The number of halogens is 1. The average Bonchev–Trinajstić information content (AvgIpc) is 3.32. The van der Waals surface area contributed by atoms with Crippen LogP contribution in [0.5, 0.6) is 17.4 Å². The second-order valence-electron chi connectivity index (χ2n) is 8.34. The molecule has 4 heterocycles. The van der Waals surface area contributed by atoms with Gasteiger partial charge in [-0.15, -0.1) is 10.2 Å². The van der Waals surface area contributed by atoms with Crippen molar-refractivity contribution in [3.05, 3.63) is 72.3 Å². The summed E-state index contributed by atoms with van der Waals surface area (Å²) >= 11 is 0. The van der Waals surface area contributed by atoms with Gasteiger partial charge in [-0.2, -0.15) is 0 Å². The fourth-order valence-electron chi connectivity index (χ4n) is 4.03. The molecular formula is C26H26FN7O5S. The smallest absolute Gasteiger partial charge is 0.239 e. The molecule has 14 heteroatoms. The van der Waals surface area contributed by atoms with Crippen molar-refractivity contribution in [2.24, 2.45) is 0 Å². The highest BCUT2D eigenvalue weighted by Gasteiger charge is 2.24. The molecule has 0 amide bonds. The maximum Gasteiger partial charge on any atom is 0.239 e. The van der Waals surface area contributed by atoms with Gasteiger partial charge in [0.15, 0.2) is 11.6 Å². The predicted molar refractivity (Wildman–Crippen MR) is 147 cm³/mol. The fraction of sp³-hybridized carbons (Fsp3) is 0.192. The minimum atomic E-state index is -3.97. The van der Waals surface area contributed by atoms with Gasteiger partial charge in [-0.05, 0) is 37.3 Å². The quantitative estimate of drug-likeness (QED) is 0.263. The maximum atomic E-state index is 13.2. The Morgan fingerprint density at radius 3 is 2.42 bits per heavy atom. The van der Waals surface area contributed by atoms with Crippen LogP contribution in [0.4, 0.5) is 10.2 Å². The second kappa shape index (κ2) is 11.1. The molecule has 0 bridgehead atoms. The number of nitrogens with one attached hydrogen (secondary N) is 1. The first-order valence-corrected chi connectivity index (χ1v) is 13.7. The number of imidazole rings is 1. The highest BCUT2D eigenvalue weighted by Crippen LogP contribution is 2.38. The van der Waals surface area contributed by atoms with Gasteiger partial charge in [0, 0.05) is 13.6 Å². The van der Waals surface area contributed by atoms with Crippen LogP contribution in [0.1, 0.15) is 14.0 Å². The average molecular weight is 568 g/mol. The first-order valence-electron chi connectivity index (χ1n) is 12.0. The molecule has 0 aliphatic rings. The van der Waals surface area contributed by atoms with Crippen molar-refractivity contribution in [1.29, 1.82) is 0 Å². The Bertz CT molecular complexity index is 1760. The molecule has 0 radical (unpaired) electrons. The van der Waals surface area contributed by atoms with E-state index in [0.717, 1.165) is 12.3 Å². The molecule has 5 rings (SSSR count). The number of aromatic nitrogens is 6. The first-order chi connectivity index (χ1) is 19.3. The highest BCUT2D eigenvalue weighted by atomic mass is 32.2. The van der Waals surface area contributed by atoms with E-state index in [-0.39, 0.29) is 18.6 Å². The lowest BCUT2D eigenvalue weighted by Crippen LogP contribution is -2.17. The number of rotatable bonds is 10. The van der Waals surface area contributed by atoms with Gasteiger partial charge in [-0.1, -0.05) is 12.1 Å². The van der Waals surface area contributed by atoms with Crippen LogP contribution < -0.4 is 18.9 Å². The molecule has 1 aromatic carbocycles. The largest absolute Gasteiger partial charge is 0.494 e. The van der Waals surface area contributed by atoms with E-state index < -0.39 is 21.6 Å². The zero-order chi connectivity index (χ0) is 28.3. The van der Waals surface area contributed by atoms with Crippen molar-refractivity contribution in [1.82, 2.24) is 29.7 Å². The molecule has 0 aliphatic carbocycles. The van der Waals surface area contributed by atoms with Crippen LogP contribution in [0.3, 0.4) is 0 Å². The number of benzene rings is 1. The fourth-order valence-corrected chi connectivity index (χ4v) is 5.08. The Morgan fingerprint density at radius 1 is 1.00 bits per heavy atom.